The predicted octanol–water partition coefficient (Wildman–Crippen LogP) is 2.23. The molecule has 2 nitrogen and oxygen atoms in total. The van der Waals surface area contributed by atoms with Gasteiger partial charge < -0.3 is 10.5 Å². The predicted molar refractivity (Wildman–Crippen MR) is 46.8 cm³/mol. The highest BCUT2D eigenvalue weighted by atomic mass is 35.5. The number of hydrogen-bond donors (Lipinski definition) is 1. The van der Waals surface area contributed by atoms with Crippen molar-refractivity contribution in [2.24, 2.45) is 0 Å². The topological polar surface area (TPSA) is 35.2 Å². The molecule has 0 saturated heterocycles. The zero-order valence-corrected chi connectivity index (χ0v) is 7.01. The summed E-state index contributed by atoms with van der Waals surface area (Å²) in [5.74, 6) is 0.738. The molecular weight excluding hydrogens is 162 g/mol. The van der Waals surface area contributed by atoms with Crippen LogP contribution in [0.5, 0.6) is 5.75 Å². The fourth-order valence-electron chi connectivity index (χ4n) is 0.734. The molecule has 0 aromatic heterocycles. The molecule has 0 saturated carbocycles. The number of nitrogens with two attached hydrogens (primary N) is 1. The number of halogens is 1. The minimum Gasteiger partial charge on any atom is -0.475 e. The van der Waals surface area contributed by atoms with Crippen molar-refractivity contribution in [1.82, 2.24) is 0 Å². The first kappa shape index (κ1) is 8.21. The van der Waals surface area contributed by atoms with Gasteiger partial charge in [-0.05, 0) is 31.2 Å². The first-order chi connectivity index (χ1) is 5.18. The van der Waals surface area contributed by atoms with Crippen molar-refractivity contribution in [2.75, 3.05) is 5.73 Å². The summed E-state index contributed by atoms with van der Waals surface area (Å²) in [6.07, 6.45) is 0. The van der Waals surface area contributed by atoms with Gasteiger partial charge in [0.1, 0.15) is 5.75 Å². The molecule has 0 spiro atoms. The quantitative estimate of drug-likeness (QED) is 0.547. The highest BCUT2D eigenvalue weighted by Crippen LogP contribution is 2.15. The molecule has 0 radical (unpaired) electrons. The van der Waals surface area contributed by atoms with E-state index in [4.69, 9.17) is 22.1 Å². The van der Waals surface area contributed by atoms with Gasteiger partial charge in [0.05, 0.1) is 0 Å². The lowest BCUT2D eigenvalue weighted by Crippen LogP contribution is -2.01. The lowest BCUT2D eigenvalue weighted by Gasteiger charge is -2.06. The molecule has 1 aromatic carbocycles. The van der Waals surface area contributed by atoms with Crippen molar-refractivity contribution in [3.8, 4) is 5.75 Å². The van der Waals surface area contributed by atoms with E-state index in [1.54, 1.807) is 31.2 Å². The summed E-state index contributed by atoms with van der Waals surface area (Å²) in [4.78, 5) is 0. The first-order valence-corrected chi connectivity index (χ1v) is 3.78. The maximum atomic E-state index is 5.60. The molecule has 1 atom stereocenters. The zero-order valence-electron chi connectivity index (χ0n) is 6.25. The van der Waals surface area contributed by atoms with E-state index in [0.717, 1.165) is 11.4 Å². The van der Waals surface area contributed by atoms with Gasteiger partial charge in [-0.3, -0.25) is 0 Å². The minimum atomic E-state index is -0.307. The first-order valence-electron chi connectivity index (χ1n) is 3.35. The molecule has 0 aliphatic rings. The Hall–Kier alpha value is -0.890. The Labute approximate surface area is 70.9 Å². The highest BCUT2D eigenvalue weighted by Gasteiger charge is 1.96. The van der Waals surface area contributed by atoms with Crippen LogP contribution in [-0.4, -0.2) is 5.56 Å². The number of ether oxygens (including phenoxy) is 1. The molecule has 0 amide bonds. The Balaban J connectivity index is 2.66. The summed E-state index contributed by atoms with van der Waals surface area (Å²) in [5.41, 5.74) is 5.88. The summed E-state index contributed by atoms with van der Waals surface area (Å²) in [7, 11) is 0. The molecule has 1 unspecified atom stereocenters. The van der Waals surface area contributed by atoms with E-state index in [1.807, 2.05) is 0 Å². The van der Waals surface area contributed by atoms with Gasteiger partial charge in [0.25, 0.3) is 0 Å². The Morgan fingerprint density at radius 2 is 1.91 bits per heavy atom. The van der Waals surface area contributed by atoms with Crippen LogP contribution in [0, 0.1) is 0 Å². The summed E-state index contributed by atoms with van der Waals surface area (Å²) < 4.78 is 5.18. The molecule has 60 valence electrons. The maximum Gasteiger partial charge on any atom is 0.169 e. The summed E-state index contributed by atoms with van der Waals surface area (Å²) in [6, 6.07) is 7.12. The van der Waals surface area contributed by atoms with E-state index in [0.29, 0.717) is 0 Å². The van der Waals surface area contributed by atoms with Crippen molar-refractivity contribution >= 4 is 17.3 Å². The Morgan fingerprint density at radius 1 is 1.36 bits per heavy atom. The van der Waals surface area contributed by atoms with Crippen LogP contribution in [0.2, 0.25) is 0 Å². The fourth-order valence-corrected chi connectivity index (χ4v) is 0.837. The smallest absolute Gasteiger partial charge is 0.169 e. The number of nitrogen functional groups attached to an aromatic ring is 1. The number of rotatable bonds is 2. The van der Waals surface area contributed by atoms with Gasteiger partial charge in [-0.15, -0.1) is 0 Å². The van der Waals surface area contributed by atoms with Crippen LogP contribution >= 0.6 is 11.6 Å². The van der Waals surface area contributed by atoms with Gasteiger partial charge in [0.2, 0.25) is 0 Å². The van der Waals surface area contributed by atoms with E-state index in [9.17, 15) is 0 Å². The third-order valence-corrected chi connectivity index (χ3v) is 1.27. The van der Waals surface area contributed by atoms with E-state index >= 15 is 0 Å². The normalized spacial score (nSPS) is 12.5. The second kappa shape index (κ2) is 3.49. The molecule has 1 aromatic rings. The van der Waals surface area contributed by atoms with Crippen LogP contribution < -0.4 is 10.5 Å². The highest BCUT2D eigenvalue weighted by molar-refractivity contribution is 6.19. The Morgan fingerprint density at radius 3 is 2.36 bits per heavy atom. The van der Waals surface area contributed by atoms with Crippen molar-refractivity contribution in [3.05, 3.63) is 24.3 Å². The van der Waals surface area contributed by atoms with Crippen molar-refractivity contribution in [3.63, 3.8) is 0 Å². The Bertz CT molecular complexity index is 220. The van der Waals surface area contributed by atoms with Crippen molar-refractivity contribution in [1.29, 1.82) is 0 Å². The van der Waals surface area contributed by atoms with Gasteiger partial charge in [-0.25, -0.2) is 0 Å². The van der Waals surface area contributed by atoms with Crippen molar-refractivity contribution < 1.29 is 4.74 Å². The molecular formula is C8H10ClNO. The van der Waals surface area contributed by atoms with Gasteiger partial charge in [-0.1, -0.05) is 11.6 Å². The summed E-state index contributed by atoms with van der Waals surface area (Å²) in [5, 5.41) is 0. The van der Waals surface area contributed by atoms with Crippen LogP contribution in [0.15, 0.2) is 24.3 Å². The lowest BCUT2D eigenvalue weighted by atomic mass is 10.3. The van der Waals surface area contributed by atoms with Gasteiger partial charge in [-0.2, -0.15) is 0 Å². The number of anilines is 1. The second-order valence-electron chi connectivity index (χ2n) is 2.23. The van der Waals surface area contributed by atoms with Crippen LogP contribution in [0.4, 0.5) is 5.69 Å². The van der Waals surface area contributed by atoms with Gasteiger partial charge in [0, 0.05) is 5.69 Å². The average molecular weight is 172 g/mol. The SMILES string of the molecule is CC(Cl)Oc1ccc(N)cc1. The number of alkyl halides is 1. The third kappa shape index (κ3) is 2.68. The Kier molecular flexibility index (Phi) is 2.60. The largest absolute Gasteiger partial charge is 0.475 e. The molecule has 2 N–H and O–H groups in total. The van der Waals surface area contributed by atoms with E-state index in [-0.39, 0.29) is 5.56 Å². The number of hydrogen-bond acceptors (Lipinski definition) is 2. The van der Waals surface area contributed by atoms with E-state index < -0.39 is 0 Å². The van der Waals surface area contributed by atoms with Crippen LogP contribution in [0.25, 0.3) is 0 Å². The average Bonchev–Trinajstić information content (AvgIpc) is 1.93. The lowest BCUT2D eigenvalue weighted by molar-refractivity contribution is 0.301. The van der Waals surface area contributed by atoms with Gasteiger partial charge in [0.15, 0.2) is 5.56 Å². The maximum absolute atomic E-state index is 5.60. The van der Waals surface area contributed by atoms with E-state index in [2.05, 4.69) is 0 Å². The molecule has 1 rings (SSSR count). The monoisotopic (exact) mass is 171 g/mol. The summed E-state index contributed by atoms with van der Waals surface area (Å²) >= 11 is 5.60. The molecule has 0 bridgehead atoms. The van der Waals surface area contributed by atoms with Crippen LogP contribution in [0.1, 0.15) is 6.92 Å². The zero-order chi connectivity index (χ0) is 8.27. The second-order valence-corrected chi connectivity index (χ2v) is 2.84. The van der Waals surface area contributed by atoms with Crippen molar-refractivity contribution in [2.45, 2.75) is 12.5 Å². The molecule has 0 aliphatic heterocycles. The van der Waals surface area contributed by atoms with Gasteiger partial charge >= 0.3 is 0 Å². The molecule has 0 fully saturated rings. The van der Waals surface area contributed by atoms with Crippen LogP contribution in [-0.2, 0) is 0 Å². The van der Waals surface area contributed by atoms with Crippen LogP contribution in [0.3, 0.4) is 0 Å². The molecule has 0 aliphatic carbocycles. The fraction of sp³-hybridized carbons (Fsp3) is 0.250. The molecule has 11 heavy (non-hydrogen) atoms. The number of benzene rings is 1. The molecule has 0 heterocycles. The third-order valence-electron chi connectivity index (χ3n) is 1.18. The standard InChI is InChI=1S/C8H10ClNO/c1-6(9)11-8-4-2-7(10)3-5-8/h2-6H,10H2,1H3. The van der Waals surface area contributed by atoms with E-state index in [1.165, 1.54) is 0 Å². The minimum absolute atomic E-state index is 0.307. The molecule has 3 heteroatoms. The summed E-state index contributed by atoms with van der Waals surface area (Å²) in [6.45, 7) is 1.76.